The monoisotopic (exact) mass is 2030 g/mol. The Balaban J connectivity index is 0.948. The third-order valence-corrected chi connectivity index (χ3v) is 27.2. The fraction of sp³-hybridized carbons (Fsp3) is 0.515. The summed E-state index contributed by atoms with van der Waals surface area (Å²) in [4.78, 5) is 254. The predicted molar refractivity (Wildman–Crippen MR) is 529 cm³/mol. The quantitative estimate of drug-likeness (QED) is 0.0214. The summed E-state index contributed by atoms with van der Waals surface area (Å²) in [7, 11) is 0. The second-order valence-corrected chi connectivity index (χ2v) is 38.4. The highest BCUT2D eigenvalue weighted by Crippen LogP contribution is 2.33. The third kappa shape index (κ3) is 37.4. The zero-order valence-corrected chi connectivity index (χ0v) is 82.0. The molecule has 0 radical (unpaired) electrons. The molecule has 1 fully saturated rings. The molecular weight excluding hydrogens is 1890 g/mol. The Bertz CT molecular complexity index is 5520. The zero-order valence-electron chi connectivity index (χ0n) is 80.4. The van der Waals surface area contributed by atoms with Gasteiger partial charge in [0.05, 0.1) is 25.0 Å². The number of hydrogen-bond acceptors (Lipinski definition) is 22. The van der Waals surface area contributed by atoms with Crippen LogP contribution in [0.15, 0.2) is 110 Å². The average molecular weight is 2030 g/mol. The molecule has 9 rings (SSSR count). The van der Waals surface area contributed by atoms with E-state index in [2.05, 4.69) is 90.7 Å². The number of aromatic hydroxyl groups is 1. The molecule has 143 heavy (non-hydrogen) atoms. The average Bonchev–Trinajstić information content (AvgIpc) is 1.64. The second kappa shape index (κ2) is 58.2. The van der Waals surface area contributed by atoms with E-state index < -0.39 is 230 Å². The van der Waals surface area contributed by atoms with E-state index in [1.54, 1.807) is 12.1 Å². The number of thioether (sulfide) groups is 2. The van der Waals surface area contributed by atoms with Crippen LogP contribution in [0.4, 0.5) is 8.78 Å². The number of aromatic nitrogens is 4. The van der Waals surface area contributed by atoms with Crippen molar-refractivity contribution in [1.82, 2.24) is 88.6 Å². The highest BCUT2D eigenvalue weighted by molar-refractivity contribution is 7.98. The van der Waals surface area contributed by atoms with Crippen LogP contribution in [-0.2, 0) is 119 Å². The molecule has 776 valence electrons. The van der Waals surface area contributed by atoms with Gasteiger partial charge in [-0.1, -0.05) is 120 Å². The van der Waals surface area contributed by atoms with E-state index in [9.17, 15) is 73.2 Å². The van der Waals surface area contributed by atoms with Crippen LogP contribution >= 0.6 is 23.5 Å². The van der Waals surface area contributed by atoms with Crippen molar-refractivity contribution in [1.29, 1.82) is 0 Å². The molecule has 2 bridgehead atoms. The molecular formula is C99H133F2N19O21S2. The van der Waals surface area contributed by atoms with E-state index in [0.29, 0.717) is 41.6 Å². The number of imidazole rings is 1. The molecule has 0 spiro atoms. The van der Waals surface area contributed by atoms with Crippen LogP contribution < -0.4 is 75.3 Å². The number of primary amides is 1. The topological polar surface area (TPSA) is 631 Å². The number of aromatic amines is 3. The fourth-order valence-corrected chi connectivity index (χ4v) is 18.9. The first-order valence-corrected chi connectivity index (χ1v) is 50.9. The maximum Gasteiger partial charge on any atom is 0.326 e. The van der Waals surface area contributed by atoms with E-state index >= 15 is 37.5 Å². The van der Waals surface area contributed by atoms with Crippen molar-refractivity contribution in [3.05, 3.63) is 155 Å². The highest BCUT2D eigenvalue weighted by Gasteiger charge is 2.49. The van der Waals surface area contributed by atoms with Gasteiger partial charge in [-0.3, -0.25) is 71.9 Å². The molecule has 11 atom stereocenters. The molecule has 40 nitrogen and oxygen atoms in total. The van der Waals surface area contributed by atoms with E-state index in [1.165, 1.54) is 154 Å². The number of carboxylic acids is 3. The number of rotatable bonds is 44. The lowest BCUT2D eigenvalue weighted by atomic mass is 9.95. The molecule has 4 aromatic carbocycles. The molecule has 23 N–H and O–H groups in total. The SMILES string of the molecule is CCCCCCCCCCCCCCCC(=O)N[C@@H](CCC(=O)N[C@@H](CCC(=O)NCC[C@H](NC(=O)[C@@H]1CSCc2cccc(c2)CSCCC(=O)N[C@@H](CCCCN)C(=O)NCC(=O)N[C@@H](Cc2c[nH]c3ccc(F)cc23)C(=O)N[C@@H](Cc2c[nH]c3ccc(F)cc23)C(=O)N[C@@H](CC(=O)O)C(=O)N[C@@H](Cc2c[nH]cn2)C(=O)N[C@@H](Cc2ccc(O)cc2)C(=O)N2CCC[C@@]2(C)C(=O)N1)C(N)=O)C(=O)O)C(=O)O. The Morgan fingerprint density at radius 3 is 1.66 bits per heavy atom. The van der Waals surface area contributed by atoms with Gasteiger partial charge in [0.25, 0.3) is 0 Å². The van der Waals surface area contributed by atoms with Crippen LogP contribution in [0.3, 0.4) is 0 Å². The summed E-state index contributed by atoms with van der Waals surface area (Å²) >= 11 is 2.55. The van der Waals surface area contributed by atoms with Gasteiger partial charge in [-0.2, -0.15) is 23.5 Å². The van der Waals surface area contributed by atoms with E-state index in [0.717, 1.165) is 55.4 Å². The van der Waals surface area contributed by atoms with Gasteiger partial charge < -0.3 is 116 Å². The van der Waals surface area contributed by atoms with Gasteiger partial charge in [0.15, 0.2) is 0 Å². The molecule has 1 saturated heterocycles. The predicted octanol–water partition coefficient (Wildman–Crippen LogP) is 5.35. The number of unbranched alkanes of at least 4 members (excludes halogenated alkanes) is 13. The normalized spacial score (nSPS) is 20.0. The molecule has 44 heteroatoms. The van der Waals surface area contributed by atoms with Crippen molar-refractivity contribution >= 4 is 146 Å². The van der Waals surface area contributed by atoms with Crippen LogP contribution in [0.2, 0.25) is 0 Å². The lowest BCUT2D eigenvalue weighted by Gasteiger charge is -2.37. The Labute approximate surface area is 834 Å². The van der Waals surface area contributed by atoms with Crippen LogP contribution in [0.5, 0.6) is 5.75 Å². The van der Waals surface area contributed by atoms with Crippen LogP contribution in [0.25, 0.3) is 21.8 Å². The Morgan fingerprint density at radius 2 is 1.09 bits per heavy atom. The minimum Gasteiger partial charge on any atom is -0.508 e. The summed E-state index contributed by atoms with van der Waals surface area (Å²) in [5.74, 6) is -18.7. The van der Waals surface area contributed by atoms with Crippen molar-refractivity contribution in [2.75, 3.05) is 37.7 Å². The van der Waals surface area contributed by atoms with E-state index in [-0.39, 0.29) is 122 Å². The van der Waals surface area contributed by atoms with Gasteiger partial charge in [0, 0.05) is 128 Å². The number of benzene rings is 4. The number of nitrogens with one attached hydrogen (secondary N) is 15. The summed E-state index contributed by atoms with van der Waals surface area (Å²) in [5, 5.41) is 72.2. The molecule has 0 saturated carbocycles. The maximum atomic E-state index is 15.8. The first-order valence-electron chi connectivity index (χ1n) is 48.6. The van der Waals surface area contributed by atoms with Gasteiger partial charge in [-0.15, -0.1) is 0 Å². The molecule has 2 aliphatic rings. The zero-order chi connectivity index (χ0) is 103. The largest absolute Gasteiger partial charge is 0.508 e. The van der Waals surface area contributed by atoms with Crippen molar-refractivity contribution in [3.8, 4) is 5.75 Å². The standard InChI is InChI=1S/C99H133F2N19O21S2/c1-3-4-5-6-7-8-9-10-11-12-13-14-15-23-83(123)111-75(97(139)140)33-35-84(124)112-74(96(137)138)32-34-82(122)105-40-36-72(88(103)129)114-94(135)81-57-143-56-61-21-18-20-60(43-61)55-142-42-37-85(125)110-73(22-16-17-39-102)89(130)108-54-86(126)113-76(45-62-51-106-70-30-26-64(100)47-68(62)70)90(131)115-77(46-63-52-107-71-31-27-65(101)48-69(63)71)91(132)117-79(50-87(127)128)93(134)116-78(49-66-53-104-58-109-66)92(133)118-80(44-59-24-28-67(121)29-25-59)95(136)120-41-19-38-99(120,2)98(141)119-81/h18,20-21,24-31,43,47-48,51-53,58,72-81,106-107,121H,3-17,19,22-23,32-42,44-46,49-50,54-57,102H2,1-2H3,(H2,103,129)(H,104,109)(H,105,122)(H,108,130)(H,110,125)(H,111,123)(H,112,124)(H,113,126)(H,114,135)(H,115,131)(H,116,134)(H,117,132)(H,118,133)(H,119,141)(H,127,128)(H,137,138)(H,139,140)/t72-,73-,74-,75-,76-,77-,78-,79-,80-,81-,99-/m0/s1. The lowest BCUT2D eigenvalue weighted by Crippen LogP contribution is -2.64. The molecule has 0 aliphatic carbocycles. The molecule has 7 aromatic rings. The van der Waals surface area contributed by atoms with Crippen LogP contribution in [0, 0.1) is 11.6 Å². The number of carbonyl (C=O) groups is 17. The van der Waals surface area contributed by atoms with Gasteiger partial charge >= 0.3 is 17.9 Å². The molecule has 14 amide bonds. The number of H-pyrrole nitrogens is 3. The maximum absolute atomic E-state index is 15.8. The first kappa shape index (κ1) is 113. The summed E-state index contributed by atoms with van der Waals surface area (Å²) in [6.07, 6.45) is 15.5. The third-order valence-electron chi connectivity index (χ3n) is 25.0. The summed E-state index contributed by atoms with van der Waals surface area (Å²) in [6.45, 7) is 2.55. The number of carbonyl (C=O) groups excluding carboxylic acids is 14. The van der Waals surface area contributed by atoms with Gasteiger partial charge in [-0.05, 0) is 148 Å². The van der Waals surface area contributed by atoms with Crippen molar-refractivity contribution in [2.45, 2.75) is 284 Å². The minimum atomic E-state index is -2.14. The summed E-state index contributed by atoms with van der Waals surface area (Å²) < 4.78 is 30.2. The van der Waals surface area contributed by atoms with Crippen LogP contribution in [-0.4, -0.2) is 250 Å². The van der Waals surface area contributed by atoms with E-state index in [4.69, 9.17) is 11.5 Å². The summed E-state index contributed by atoms with van der Waals surface area (Å²) in [5.41, 5.74) is 13.1. The Hall–Kier alpha value is -13.5. The number of amides is 14. The van der Waals surface area contributed by atoms with Gasteiger partial charge in [0.2, 0.25) is 82.7 Å². The number of nitrogens with zero attached hydrogens (tertiary/aromatic N) is 2. The molecule has 3 aromatic heterocycles. The highest BCUT2D eigenvalue weighted by atomic mass is 32.2. The minimum absolute atomic E-state index is 0.0604. The first-order chi connectivity index (χ1) is 68.6. The fourth-order valence-electron chi connectivity index (χ4n) is 17.0. The van der Waals surface area contributed by atoms with Crippen LogP contribution in [0.1, 0.15) is 214 Å². The number of phenols is 1. The second-order valence-electron chi connectivity index (χ2n) is 36.3. The van der Waals surface area contributed by atoms with Gasteiger partial charge in [-0.25, -0.2) is 23.4 Å². The number of fused-ring (bicyclic) bond motifs is 5. The molecule has 0 unspecified atom stereocenters. The smallest absolute Gasteiger partial charge is 0.326 e. The lowest BCUT2D eigenvalue weighted by molar-refractivity contribution is -0.147. The van der Waals surface area contributed by atoms with Gasteiger partial charge in [0.1, 0.15) is 83.3 Å². The Kier molecular flexibility index (Phi) is 46.0. The molecule has 5 heterocycles. The number of hydrogen-bond donors (Lipinski definition) is 21. The van der Waals surface area contributed by atoms with Crippen molar-refractivity contribution < 1.29 is 111 Å². The van der Waals surface area contributed by atoms with Crippen molar-refractivity contribution in [3.63, 3.8) is 0 Å². The number of phenolic OH excluding ortho intramolecular Hbond substituents is 1. The number of carboxylic acid groups (broad SMARTS) is 3. The number of nitrogens with two attached hydrogens (primary N) is 2. The number of aliphatic carboxylic acids is 3. The van der Waals surface area contributed by atoms with E-state index in [1.807, 2.05) is 12.1 Å². The molecule has 2 aliphatic heterocycles. The number of halogens is 2. The van der Waals surface area contributed by atoms with Crippen molar-refractivity contribution in [2.24, 2.45) is 11.5 Å². The summed E-state index contributed by atoms with van der Waals surface area (Å²) in [6, 6.07) is 3.68. The Morgan fingerprint density at radius 1 is 0.552 bits per heavy atom.